The third-order valence-corrected chi connectivity index (χ3v) is 4.30. The number of rotatable bonds is 6. The van der Waals surface area contributed by atoms with Crippen molar-refractivity contribution in [1.82, 2.24) is 0 Å². The van der Waals surface area contributed by atoms with Crippen molar-refractivity contribution >= 4 is 40.6 Å². The van der Waals surface area contributed by atoms with Gasteiger partial charge in [0.25, 0.3) is 5.91 Å². The zero-order valence-corrected chi connectivity index (χ0v) is 15.5. The van der Waals surface area contributed by atoms with E-state index in [0.717, 1.165) is 0 Å². The molecule has 0 atom stereocenters. The summed E-state index contributed by atoms with van der Waals surface area (Å²) < 4.78 is 18.3. The number of nitrogens with zero attached hydrogens (tertiary/aromatic N) is 1. The Kier molecular flexibility index (Phi) is 6.89. The minimum absolute atomic E-state index is 0.0587. The highest BCUT2D eigenvalue weighted by Crippen LogP contribution is 2.25. The Morgan fingerprint density at radius 1 is 1.19 bits per heavy atom. The molecule has 26 heavy (non-hydrogen) atoms. The smallest absolute Gasteiger partial charge is 0.269 e. The molecule has 2 aromatic carbocycles. The molecule has 0 aliphatic rings. The van der Waals surface area contributed by atoms with Gasteiger partial charge in [-0.2, -0.15) is 5.26 Å². The van der Waals surface area contributed by atoms with Crippen LogP contribution in [0.3, 0.4) is 0 Å². The van der Waals surface area contributed by atoms with Gasteiger partial charge < -0.3 is 15.4 Å². The number of halogens is 2. The first-order valence-corrected chi connectivity index (χ1v) is 8.94. The van der Waals surface area contributed by atoms with Crippen LogP contribution in [-0.4, -0.2) is 19.3 Å². The number of carbonyl (C=O) groups excluding carboxylic acids is 1. The Hall–Kier alpha value is -2.69. The topological polar surface area (TPSA) is 74.1 Å². The molecule has 134 valence electrons. The summed E-state index contributed by atoms with van der Waals surface area (Å²) in [5, 5.41) is 15.2. The SMILES string of the molecule is COc1ccc(NC(=O)C(C#N)=C(Nc2ccc(F)c(Cl)c2)SC)cc1. The number of benzene rings is 2. The molecule has 8 heteroatoms. The second-order valence-electron chi connectivity index (χ2n) is 4.96. The van der Waals surface area contributed by atoms with Crippen LogP contribution in [0.25, 0.3) is 0 Å². The maximum absolute atomic E-state index is 13.3. The van der Waals surface area contributed by atoms with Crippen LogP contribution in [-0.2, 0) is 4.79 Å². The molecule has 0 bridgehead atoms. The number of methoxy groups -OCH3 is 1. The molecule has 1 amide bonds. The summed E-state index contributed by atoms with van der Waals surface area (Å²) in [7, 11) is 1.54. The Labute approximate surface area is 159 Å². The molecule has 0 saturated heterocycles. The number of thioether (sulfide) groups is 1. The normalized spacial score (nSPS) is 11.2. The van der Waals surface area contributed by atoms with Crippen molar-refractivity contribution in [2.75, 3.05) is 24.0 Å². The molecule has 0 unspecified atom stereocenters. The van der Waals surface area contributed by atoms with Gasteiger partial charge in [-0.15, -0.1) is 11.8 Å². The fourth-order valence-electron chi connectivity index (χ4n) is 1.99. The Balaban J connectivity index is 2.23. The fourth-order valence-corrected chi connectivity index (χ4v) is 2.74. The average molecular weight is 392 g/mol. The van der Waals surface area contributed by atoms with E-state index in [1.54, 1.807) is 37.6 Å². The average Bonchev–Trinajstić information content (AvgIpc) is 2.65. The van der Waals surface area contributed by atoms with Gasteiger partial charge in [-0.3, -0.25) is 4.79 Å². The van der Waals surface area contributed by atoms with Gasteiger partial charge in [0.15, 0.2) is 0 Å². The molecule has 2 aromatic rings. The molecule has 0 saturated carbocycles. The van der Waals surface area contributed by atoms with Crippen molar-refractivity contribution in [3.63, 3.8) is 0 Å². The van der Waals surface area contributed by atoms with Gasteiger partial charge in [0.1, 0.15) is 23.2 Å². The van der Waals surface area contributed by atoms with Gasteiger partial charge in [-0.1, -0.05) is 11.6 Å². The second-order valence-corrected chi connectivity index (χ2v) is 6.18. The molecule has 0 aromatic heterocycles. The largest absolute Gasteiger partial charge is 0.497 e. The van der Waals surface area contributed by atoms with E-state index in [0.29, 0.717) is 22.2 Å². The van der Waals surface area contributed by atoms with E-state index < -0.39 is 11.7 Å². The lowest BCUT2D eigenvalue weighted by Gasteiger charge is -2.12. The Morgan fingerprint density at radius 3 is 2.38 bits per heavy atom. The fraction of sp³-hybridized carbons (Fsp3) is 0.111. The molecule has 0 aliphatic heterocycles. The predicted octanol–water partition coefficient (Wildman–Crippen LogP) is 4.64. The van der Waals surface area contributed by atoms with Crippen molar-refractivity contribution in [3.8, 4) is 11.8 Å². The molecule has 0 fully saturated rings. The summed E-state index contributed by atoms with van der Waals surface area (Å²) >= 11 is 6.94. The number of nitrogens with one attached hydrogen (secondary N) is 2. The van der Waals surface area contributed by atoms with Gasteiger partial charge in [-0.25, -0.2) is 4.39 Å². The van der Waals surface area contributed by atoms with Gasteiger partial charge in [0, 0.05) is 11.4 Å². The summed E-state index contributed by atoms with van der Waals surface area (Å²) in [6.45, 7) is 0. The van der Waals surface area contributed by atoms with Crippen molar-refractivity contribution in [2.24, 2.45) is 0 Å². The number of nitriles is 1. The third kappa shape index (κ3) is 4.91. The quantitative estimate of drug-likeness (QED) is 0.554. The first kappa shape index (κ1) is 19.6. The maximum atomic E-state index is 13.3. The van der Waals surface area contributed by atoms with Crippen LogP contribution in [0.4, 0.5) is 15.8 Å². The lowest BCUT2D eigenvalue weighted by atomic mass is 10.2. The van der Waals surface area contributed by atoms with E-state index in [4.69, 9.17) is 16.3 Å². The summed E-state index contributed by atoms with van der Waals surface area (Å²) in [6, 6.07) is 12.7. The molecular formula is C18H15ClFN3O2S. The molecular weight excluding hydrogens is 377 g/mol. The van der Waals surface area contributed by atoms with Crippen LogP contribution >= 0.6 is 23.4 Å². The number of carbonyl (C=O) groups is 1. The molecule has 0 heterocycles. The van der Waals surface area contributed by atoms with E-state index in [-0.39, 0.29) is 10.6 Å². The molecule has 0 radical (unpaired) electrons. The summed E-state index contributed by atoms with van der Waals surface area (Å²) in [5.41, 5.74) is 0.883. The van der Waals surface area contributed by atoms with Crippen LogP contribution in [0.5, 0.6) is 5.75 Å². The molecule has 5 nitrogen and oxygen atoms in total. The predicted molar refractivity (Wildman–Crippen MR) is 103 cm³/mol. The Morgan fingerprint density at radius 2 is 1.85 bits per heavy atom. The van der Waals surface area contributed by atoms with Crippen LogP contribution < -0.4 is 15.4 Å². The number of hydrogen-bond donors (Lipinski definition) is 2. The van der Waals surface area contributed by atoms with Crippen molar-refractivity contribution in [1.29, 1.82) is 5.26 Å². The van der Waals surface area contributed by atoms with E-state index >= 15 is 0 Å². The lowest BCUT2D eigenvalue weighted by Crippen LogP contribution is -2.17. The highest BCUT2D eigenvalue weighted by molar-refractivity contribution is 8.02. The monoisotopic (exact) mass is 391 g/mol. The summed E-state index contributed by atoms with van der Waals surface area (Å²) in [6.07, 6.45) is 1.71. The van der Waals surface area contributed by atoms with E-state index in [1.807, 2.05) is 6.07 Å². The van der Waals surface area contributed by atoms with Gasteiger partial charge in [-0.05, 0) is 48.7 Å². The zero-order valence-electron chi connectivity index (χ0n) is 14.0. The third-order valence-electron chi connectivity index (χ3n) is 3.30. The zero-order chi connectivity index (χ0) is 19.1. The summed E-state index contributed by atoms with van der Waals surface area (Å²) in [5.74, 6) is -0.467. The van der Waals surface area contributed by atoms with Gasteiger partial charge in [0.2, 0.25) is 0 Å². The lowest BCUT2D eigenvalue weighted by molar-refractivity contribution is -0.112. The molecule has 0 aliphatic carbocycles. The van der Waals surface area contributed by atoms with E-state index in [9.17, 15) is 14.4 Å². The minimum Gasteiger partial charge on any atom is -0.497 e. The second kappa shape index (κ2) is 9.13. The number of amides is 1. The number of hydrogen-bond acceptors (Lipinski definition) is 5. The number of anilines is 2. The molecule has 2 N–H and O–H groups in total. The number of ether oxygens (including phenoxy) is 1. The van der Waals surface area contributed by atoms with Gasteiger partial charge in [0.05, 0.1) is 17.2 Å². The Bertz CT molecular complexity index is 879. The standard InChI is InChI=1S/C18H15ClFN3O2S/c1-25-13-6-3-11(4-7-13)22-17(24)14(10-21)18(26-2)23-12-5-8-16(20)15(19)9-12/h3-9,23H,1-2H3,(H,22,24). The van der Waals surface area contributed by atoms with E-state index in [2.05, 4.69) is 10.6 Å². The van der Waals surface area contributed by atoms with Crippen LogP contribution in [0.15, 0.2) is 53.1 Å². The highest BCUT2D eigenvalue weighted by atomic mass is 35.5. The van der Waals surface area contributed by atoms with Crippen molar-refractivity contribution in [3.05, 3.63) is 63.9 Å². The van der Waals surface area contributed by atoms with Crippen LogP contribution in [0, 0.1) is 17.1 Å². The van der Waals surface area contributed by atoms with E-state index in [1.165, 1.54) is 30.0 Å². The van der Waals surface area contributed by atoms with Crippen LogP contribution in [0.2, 0.25) is 5.02 Å². The minimum atomic E-state index is -0.567. The van der Waals surface area contributed by atoms with Crippen molar-refractivity contribution in [2.45, 2.75) is 0 Å². The first-order valence-electron chi connectivity index (χ1n) is 7.34. The maximum Gasteiger partial charge on any atom is 0.269 e. The first-order chi connectivity index (χ1) is 12.5. The molecule has 2 rings (SSSR count). The van der Waals surface area contributed by atoms with Crippen molar-refractivity contribution < 1.29 is 13.9 Å². The highest BCUT2D eigenvalue weighted by Gasteiger charge is 2.16. The molecule has 0 spiro atoms. The summed E-state index contributed by atoms with van der Waals surface area (Å²) in [4.78, 5) is 12.4. The van der Waals surface area contributed by atoms with Gasteiger partial charge >= 0.3 is 0 Å². The van der Waals surface area contributed by atoms with Crippen LogP contribution in [0.1, 0.15) is 0 Å².